The van der Waals surface area contributed by atoms with Crippen molar-refractivity contribution in [2.24, 2.45) is 0 Å². The van der Waals surface area contributed by atoms with Gasteiger partial charge in [0.25, 0.3) is 0 Å². The van der Waals surface area contributed by atoms with Crippen LogP contribution in [0.1, 0.15) is 217 Å². The molecule has 0 unspecified atom stereocenters. The number of hydrogen-bond donors (Lipinski definition) is 0. The summed E-state index contributed by atoms with van der Waals surface area (Å²) in [6.45, 7) is 6.33. The fourth-order valence-electron chi connectivity index (χ4n) is 6.65. The van der Waals surface area contributed by atoms with Crippen LogP contribution in [-0.4, -0.2) is 44.7 Å². The number of esters is 2. The van der Waals surface area contributed by atoms with E-state index in [1.807, 2.05) is 0 Å². The van der Waals surface area contributed by atoms with Gasteiger partial charge in [0.1, 0.15) is 17.8 Å². The summed E-state index contributed by atoms with van der Waals surface area (Å²) in [5, 5.41) is 0. The Bertz CT molecular complexity index is 1190. The van der Waals surface area contributed by atoms with Crippen LogP contribution in [0.5, 0.6) is 11.5 Å². The van der Waals surface area contributed by atoms with Crippen molar-refractivity contribution in [2.45, 2.75) is 206 Å². The molecule has 0 fully saturated rings. The molecule has 1 aromatic rings. The summed E-state index contributed by atoms with van der Waals surface area (Å²) in [4.78, 5) is 35.8. The lowest BCUT2D eigenvalue weighted by atomic mass is 10.1. The van der Waals surface area contributed by atoms with Crippen molar-refractivity contribution in [1.29, 1.82) is 0 Å². The molecule has 60 heavy (non-hydrogen) atoms. The minimum Gasteiger partial charge on any atom is -0.493 e. The zero-order valence-electron chi connectivity index (χ0n) is 38.3. The summed E-state index contributed by atoms with van der Waals surface area (Å²) >= 11 is 0. The second-order valence-corrected chi connectivity index (χ2v) is 16.1. The van der Waals surface area contributed by atoms with E-state index in [1.54, 1.807) is 18.2 Å². The third-order valence-corrected chi connectivity index (χ3v) is 10.3. The highest BCUT2D eigenvalue weighted by Gasteiger charge is 2.07. The molecule has 0 aliphatic carbocycles. The Kier molecular flexibility index (Phi) is 39.4. The van der Waals surface area contributed by atoms with Gasteiger partial charge in [-0.2, -0.15) is 0 Å². The van der Waals surface area contributed by atoms with Gasteiger partial charge in [-0.05, 0) is 115 Å². The fraction of sp³-hybridized carbons (Fsp3) is 0.679. The number of carbonyl (C=O) groups is 3. The average Bonchev–Trinajstić information content (AvgIpc) is 3.25. The Morgan fingerprint density at radius 2 is 0.767 bits per heavy atom. The van der Waals surface area contributed by atoms with Gasteiger partial charge in [-0.3, -0.25) is 14.4 Å². The number of benzene rings is 1. The molecule has 340 valence electrons. The molecule has 0 spiro atoms. The molecule has 0 aliphatic rings. The largest absolute Gasteiger partial charge is 0.493 e. The van der Waals surface area contributed by atoms with Crippen molar-refractivity contribution in [3.63, 3.8) is 0 Å². The third-order valence-electron chi connectivity index (χ3n) is 10.3. The van der Waals surface area contributed by atoms with Gasteiger partial charge in [-0.25, -0.2) is 0 Å². The quantitative estimate of drug-likeness (QED) is 0.0280. The van der Waals surface area contributed by atoms with Crippen LogP contribution >= 0.6 is 0 Å². The zero-order valence-corrected chi connectivity index (χ0v) is 38.3. The monoisotopic (exact) mass is 835 g/mol. The van der Waals surface area contributed by atoms with Gasteiger partial charge < -0.3 is 18.9 Å². The van der Waals surface area contributed by atoms with Gasteiger partial charge in [0.2, 0.25) is 0 Å². The van der Waals surface area contributed by atoms with Crippen molar-refractivity contribution in [1.82, 2.24) is 0 Å². The summed E-state index contributed by atoms with van der Waals surface area (Å²) in [5.41, 5.74) is 0.475. The van der Waals surface area contributed by atoms with E-state index in [9.17, 15) is 14.4 Å². The van der Waals surface area contributed by atoms with Gasteiger partial charge in [0, 0.05) is 24.5 Å². The second-order valence-electron chi connectivity index (χ2n) is 16.1. The van der Waals surface area contributed by atoms with Crippen molar-refractivity contribution in [3.8, 4) is 11.5 Å². The highest BCUT2D eigenvalue weighted by Crippen LogP contribution is 2.23. The molecule has 0 amide bonds. The maximum absolute atomic E-state index is 12.2. The van der Waals surface area contributed by atoms with Crippen LogP contribution in [0, 0.1) is 0 Å². The molecule has 0 atom stereocenters. The van der Waals surface area contributed by atoms with Crippen LogP contribution in [0.25, 0.3) is 0 Å². The van der Waals surface area contributed by atoms with Crippen LogP contribution in [-0.2, 0) is 19.1 Å². The van der Waals surface area contributed by atoms with Gasteiger partial charge >= 0.3 is 11.9 Å². The number of allylic oxidation sites excluding steroid dienone is 8. The van der Waals surface area contributed by atoms with E-state index in [-0.39, 0.29) is 11.9 Å². The molecule has 0 aromatic heterocycles. The van der Waals surface area contributed by atoms with Crippen LogP contribution in [0.3, 0.4) is 0 Å². The van der Waals surface area contributed by atoms with Crippen molar-refractivity contribution in [2.75, 3.05) is 26.4 Å². The highest BCUT2D eigenvalue weighted by atomic mass is 16.5. The first-order valence-electron chi connectivity index (χ1n) is 24.4. The number of rotatable bonds is 43. The average molecular weight is 835 g/mol. The molecule has 0 saturated heterocycles. The molecule has 0 bridgehead atoms. The van der Waals surface area contributed by atoms with Crippen molar-refractivity contribution < 1.29 is 33.3 Å². The smallest absolute Gasteiger partial charge is 0.305 e. The van der Waals surface area contributed by atoms with E-state index in [2.05, 4.69) is 62.5 Å². The third kappa shape index (κ3) is 37.4. The number of carbonyl (C=O) groups excluding carboxylic acids is 3. The molecule has 0 aliphatic heterocycles. The summed E-state index contributed by atoms with van der Waals surface area (Å²) in [7, 11) is 0. The molecule has 1 rings (SSSR count). The predicted molar refractivity (Wildman–Crippen MR) is 251 cm³/mol. The molecule has 1 aromatic carbocycles. The topological polar surface area (TPSA) is 88.1 Å². The molecular formula is C53H86O7. The van der Waals surface area contributed by atoms with Crippen LogP contribution < -0.4 is 9.47 Å². The lowest BCUT2D eigenvalue weighted by Gasteiger charge is -2.11. The van der Waals surface area contributed by atoms with E-state index in [0.717, 1.165) is 57.7 Å². The van der Waals surface area contributed by atoms with Crippen LogP contribution in [0.4, 0.5) is 0 Å². The van der Waals surface area contributed by atoms with Crippen molar-refractivity contribution in [3.05, 3.63) is 72.4 Å². The summed E-state index contributed by atoms with van der Waals surface area (Å²) in [5.74, 6) is 0.804. The molecule has 0 N–H and O–H groups in total. The van der Waals surface area contributed by atoms with E-state index >= 15 is 0 Å². The normalized spacial score (nSPS) is 11.7. The van der Waals surface area contributed by atoms with Gasteiger partial charge in [0.15, 0.2) is 0 Å². The first kappa shape index (κ1) is 54.4. The van der Waals surface area contributed by atoms with E-state index in [0.29, 0.717) is 82.0 Å². The predicted octanol–water partition coefficient (Wildman–Crippen LogP) is 15.3. The Hall–Kier alpha value is -3.61. The first-order chi connectivity index (χ1) is 29.6. The molecule has 0 radical (unpaired) electrons. The van der Waals surface area contributed by atoms with Gasteiger partial charge in [-0.1, -0.05) is 140 Å². The highest BCUT2D eigenvalue weighted by molar-refractivity contribution is 5.76. The molecule has 0 saturated carbocycles. The molecule has 7 nitrogen and oxygen atoms in total. The summed E-state index contributed by atoms with van der Waals surface area (Å²) in [6, 6.07) is 5.15. The van der Waals surface area contributed by atoms with Crippen LogP contribution in [0.15, 0.2) is 66.8 Å². The van der Waals surface area contributed by atoms with E-state index in [1.165, 1.54) is 103 Å². The Labute approximate surface area is 367 Å². The number of aldehydes is 1. The Morgan fingerprint density at radius 1 is 0.417 bits per heavy atom. The number of unbranched alkanes of at least 4 members (excludes halogenated alkanes) is 20. The fourth-order valence-corrected chi connectivity index (χ4v) is 6.65. The summed E-state index contributed by atoms with van der Waals surface area (Å²) < 4.78 is 22.6. The standard InChI is InChI=1S/C53H86O7/c1-3-5-7-9-11-13-15-17-19-21-23-25-27-29-31-35-43-59-52(55)39-33-37-41-57-50-45-49(48-54)46-51(47-50)58-42-38-34-40-53(56)60-44-36-32-30-28-26-24-22-20-18-16-14-12-10-8-6-4-2/h11-14,17-20,45-48H,3-10,15-16,21-44H2,1-2H3. The lowest BCUT2D eigenvalue weighted by molar-refractivity contribution is -0.144. The first-order valence-corrected chi connectivity index (χ1v) is 24.4. The second kappa shape index (κ2) is 43.5. The number of hydrogen-bond acceptors (Lipinski definition) is 7. The Morgan fingerprint density at radius 3 is 1.15 bits per heavy atom. The van der Waals surface area contributed by atoms with E-state index < -0.39 is 0 Å². The van der Waals surface area contributed by atoms with Gasteiger partial charge in [-0.15, -0.1) is 0 Å². The minimum atomic E-state index is -0.156. The SMILES string of the molecule is CCCCCC=CCC=CCCCCCCCCOC(=O)CCCCOc1cc(C=O)cc(OCCCCC(=O)OCCCCCCCCC=CCC=CCCCCC)c1. The zero-order chi connectivity index (χ0) is 43.2. The minimum absolute atomic E-state index is 0.156. The molecule has 0 heterocycles. The number of ether oxygens (including phenoxy) is 4. The molecule has 7 heteroatoms. The van der Waals surface area contributed by atoms with Crippen molar-refractivity contribution >= 4 is 18.2 Å². The maximum Gasteiger partial charge on any atom is 0.305 e. The maximum atomic E-state index is 12.2. The summed E-state index contributed by atoms with van der Waals surface area (Å²) in [6.07, 6.45) is 51.2. The Balaban J connectivity index is 2.00. The van der Waals surface area contributed by atoms with E-state index in [4.69, 9.17) is 18.9 Å². The van der Waals surface area contributed by atoms with Crippen LogP contribution in [0.2, 0.25) is 0 Å². The molecular weight excluding hydrogens is 749 g/mol. The lowest BCUT2D eigenvalue weighted by Crippen LogP contribution is -2.07. The van der Waals surface area contributed by atoms with Gasteiger partial charge in [0.05, 0.1) is 26.4 Å².